The van der Waals surface area contributed by atoms with Crippen LogP contribution in [0.2, 0.25) is 0 Å². The highest BCUT2D eigenvalue weighted by Crippen LogP contribution is 2.20. The molecule has 0 radical (unpaired) electrons. The summed E-state index contributed by atoms with van der Waals surface area (Å²) in [6.45, 7) is 0. The molecule has 1 aromatic carbocycles. The van der Waals surface area contributed by atoms with E-state index in [1.165, 1.54) is 23.2 Å². The number of hydrogen-bond acceptors (Lipinski definition) is 4. The second-order valence-electron chi connectivity index (χ2n) is 4.52. The van der Waals surface area contributed by atoms with Crippen LogP contribution in [-0.4, -0.2) is 41.0 Å². The van der Waals surface area contributed by atoms with Gasteiger partial charge in [-0.1, -0.05) is 6.07 Å². The molecule has 1 amide bonds. The van der Waals surface area contributed by atoms with Gasteiger partial charge in [0.2, 0.25) is 5.88 Å². The molecule has 0 spiro atoms. The third-order valence-electron chi connectivity index (χ3n) is 2.69. The van der Waals surface area contributed by atoms with Gasteiger partial charge in [-0.15, -0.1) is 0 Å². The molecule has 108 valence electrons. The standard InChI is InChI=1S/C15H14N2O4/c1-17(2)14(18)11-6-7-13(16-9-11)21-12-5-3-4-10(8-12)15(19)20/h3-9H,1-2H3,(H,19,20). The van der Waals surface area contributed by atoms with Gasteiger partial charge in [-0.3, -0.25) is 4.79 Å². The fourth-order valence-electron chi connectivity index (χ4n) is 1.64. The SMILES string of the molecule is CN(C)C(=O)c1ccc(Oc2cccc(C(=O)O)c2)nc1. The Labute approximate surface area is 121 Å². The maximum atomic E-state index is 11.7. The van der Waals surface area contributed by atoms with Gasteiger partial charge in [-0.2, -0.15) is 0 Å². The van der Waals surface area contributed by atoms with Crippen LogP contribution in [-0.2, 0) is 0 Å². The van der Waals surface area contributed by atoms with Crippen LogP contribution in [0.3, 0.4) is 0 Å². The molecule has 0 aliphatic heterocycles. The van der Waals surface area contributed by atoms with Crippen LogP contribution in [0, 0.1) is 0 Å². The molecule has 0 aliphatic rings. The molecule has 0 unspecified atom stereocenters. The van der Waals surface area contributed by atoms with E-state index in [0.29, 0.717) is 11.3 Å². The summed E-state index contributed by atoms with van der Waals surface area (Å²) < 4.78 is 5.47. The maximum Gasteiger partial charge on any atom is 0.335 e. The number of rotatable bonds is 4. The Kier molecular flexibility index (Phi) is 4.18. The number of carboxylic acid groups (broad SMARTS) is 1. The number of carbonyl (C=O) groups excluding carboxylic acids is 1. The van der Waals surface area contributed by atoms with Gasteiger partial charge in [0, 0.05) is 26.4 Å². The molecule has 0 saturated carbocycles. The van der Waals surface area contributed by atoms with Crippen molar-refractivity contribution in [2.24, 2.45) is 0 Å². The van der Waals surface area contributed by atoms with E-state index < -0.39 is 5.97 Å². The molecule has 0 fully saturated rings. The Morgan fingerprint density at radius 2 is 1.90 bits per heavy atom. The van der Waals surface area contributed by atoms with Gasteiger partial charge in [0.05, 0.1) is 11.1 Å². The summed E-state index contributed by atoms with van der Waals surface area (Å²) in [6, 6.07) is 9.26. The number of hydrogen-bond donors (Lipinski definition) is 1. The Morgan fingerprint density at radius 3 is 2.48 bits per heavy atom. The first-order valence-electron chi connectivity index (χ1n) is 6.16. The molecular weight excluding hydrogens is 272 g/mol. The molecule has 1 aromatic heterocycles. The molecule has 6 heteroatoms. The Morgan fingerprint density at radius 1 is 1.14 bits per heavy atom. The minimum Gasteiger partial charge on any atom is -0.478 e. The Bertz CT molecular complexity index is 666. The number of pyridine rings is 1. The number of aromatic carboxylic acids is 1. The second-order valence-corrected chi connectivity index (χ2v) is 4.52. The van der Waals surface area contributed by atoms with Crippen molar-refractivity contribution in [2.45, 2.75) is 0 Å². The maximum absolute atomic E-state index is 11.7. The molecule has 1 N–H and O–H groups in total. The normalized spacial score (nSPS) is 10.0. The van der Waals surface area contributed by atoms with E-state index in [1.807, 2.05) is 0 Å². The number of ether oxygens (including phenoxy) is 1. The van der Waals surface area contributed by atoms with E-state index in [2.05, 4.69) is 4.98 Å². The van der Waals surface area contributed by atoms with E-state index >= 15 is 0 Å². The second kappa shape index (κ2) is 6.04. The molecule has 0 aliphatic carbocycles. The molecular formula is C15H14N2O4. The lowest BCUT2D eigenvalue weighted by Crippen LogP contribution is -2.21. The van der Waals surface area contributed by atoms with E-state index in [4.69, 9.17) is 9.84 Å². The van der Waals surface area contributed by atoms with Gasteiger partial charge in [0.15, 0.2) is 0 Å². The summed E-state index contributed by atoms with van der Waals surface area (Å²) in [5, 5.41) is 8.91. The predicted molar refractivity (Wildman–Crippen MR) is 75.7 cm³/mol. The van der Waals surface area contributed by atoms with Crippen molar-refractivity contribution < 1.29 is 19.4 Å². The topological polar surface area (TPSA) is 79.7 Å². The zero-order chi connectivity index (χ0) is 15.4. The molecule has 1 heterocycles. The quantitative estimate of drug-likeness (QED) is 0.932. The molecule has 0 bridgehead atoms. The molecule has 0 atom stereocenters. The van der Waals surface area contributed by atoms with Crippen molar-refractivity contribution in [1.82, 2.24) is 9.88 Å². The van der Waals surface area contributed by atoms with E-state index in [9.17, 15) is 9.59 Å². The fourth-order valence-corrected chi connectivity index (χ4v) is 1.64. The molecule has 2 rings (SSSR count). The van der Waals surface area contributed by atoms with E-state index in [0.717, 1.165) is 0 Å². The monoisotopic (exact) mass is 286 g/mol. The lowest BCUT2D eigenvalue weighted by molar-refractivity contribution is 0.0696. The fraction of sp³-hybridized carbons (Fsp3) is 0.133. The summed E-state index contributed by atoms with van der Waals surface area (Å²) in [5.41, 5.74) is 0.582. The first-order chi connectivity index (χ1) is 9.97. The predicted octanol–water partition coefficient (Wildman–Crippen LogP) is 2.27. The van der Waals surface area contributed by atoms with Crippen molar-refractivity contribution in [3.05, 3.63) is 53.7 Å². The van der Waals surface area contributed by atoms with Crippen molar-refractivity contribution in [3.8, 4) is 11.6 Å². The summed E-state index contributed by atoms with van der Waals surface area (Å²) in [4.78, 5) is 28.1. The van der Waals surface area contributed by atoms with Gasteiger partial charge < -0.3 is 14.7 Å². The highest BCUT2D eigenvalue weighted by molar-refractivity contribution is 5.93. The van der Waals surface area contributed by atoms with Crippen molar-refractivity contribution >= 4 is 11.9 Å². The zero-order valence-electron chi connectivity index (χ0n) is 11.6. The van der Waals surface area contributed by atoms with E-state index in [1.54, 1.807) is 38.4 Å². The molecule has 6 nitrogen and oxygen atoms in total. The van der Waals surface area contributed by atoms with Crippen LogP contribution >= 0.6 is 0 Å². The van der Waals surface area contributed by atoms with Crippen molar-refractivity contribution in [2.75, 3.05) is 14.1 Å². The van der Waals surface area contributed by atoms with Gasteiger partial charge in [0.25, 0.3) is 5.91 Å². The smallest absolute Gasteiger partial charge is 0.335 e. The molecule has 2 aromatic rings. The van der Waals surface area contributed by atoms with Gasteiger partial charge in [-0.05, 0) is 24.3 Å². The summed E-state index contributed by atoms with van der Waals surface area (Å²) >= 11 is 0. The van der Waals surface area contributed by atoms with Gasteiger partial charge in [-0.25, -0.2) is 9.78 Å². The highest BCUT2D eigenvalue weighted by atomic mass is 16.5. The van der Waals surface area contributed by atoms with Gasteiger partial charge >= 0.3 is 5.97 Å². The number of carboxylic acids is 1. The van der Waals surface area contributed by atoms with Crippen molar-refractivity contribution in [3.63, 3.8) is 0 Å². The Hall–Kier alpha value is -2.89. The number of benzene rings is 1. The molecule has 0 saturated heterocycles. The lowest BCUT2D eigenvalue weighted by atomic mass is 10.2. The lowest BCUT2D eigenvalue weighted by Gasteiger charge is -2.10. The number of aromatic nitrogens is 1. The zero-order valence-corrected chi connectivity index (χ0v) is 11.6. The van der Waals surface area contributed by atoms with Crippen molar-refractivity contribution in [1.29, 1.82) is 0 Å². The summed E-state index contributed by atoms with van der Waals surface area (Å²) in [5.74, 6) is -0.524. The van der Waals surface area contributed by atoms with E-state index in [-0.39, 0.29) is 17.4 Å². The van der Waals surface area contributed by atoms with Crippen LogP contribution in [0.4, 0.5) is 0 Å². The first-order valence-corrected chi connectivity index (χ1v) is 6.16. The number of amides is 1. The van der Waals surface area contributed by atoms with Crippen LogP contribution in [0.15, 0.2) is 42.6 Å². The third kappa shape index (κ3) is 3.56. The number of nitrogens with zero attached hydrogens (tertiary/aromatic N) is 2. The minimum absolute atomic E-state index is 0.131. The molecule has 21 heavy (non-hydrogen) atoms. The number of carbonyl (C=O) groups is 2. The Balaban J connectivity index is 2.15. The largest absolute Gasteiger partial charge is 0.478 e. The van der Waals surface area contributed by atoms with Crippen LogP contribution < -0.4 is 4.74 Å². The first kappa shape index (κ1) is 14.5. The average Bonchev–Trinajstić information content (AvgIpc) is 2.47. The van der Waals surface area contributed by atoms with Crippen LogP contribution in [0.1, 0.15) is 20.7 Å². The average molecular weight is 286 g/mol. The minimum atomic E-state index is -1.03. The van der Waals surface area contributed by atoms with Crippen LogP contribution in [0.25, 0.3) is 0 Å². The van der Waals surface area contributed by atoms with Crippen LogP contribution in [0.5, 0.6) is 11.6 Å². The third-order valence-corrected chi connectivity index (χ3v) is 2.69. The highest BCUT2D eigenvalue weighted by Gasteiger charge is 2.09. The summed E-state index contributed by atoms with van der Waals surface area (Å²) in [6.07, 6.45) is 1.42. The summed E-state index contributed by atoms with van der Waals surface area (Å²) in [7, 11) is 3.31. The van der Waals surface area contributed by atoms with Gasteiger partial charge in [0.1, 0.15) is 5.75 Å².